The lowest BCUT2D eigenvalue weighted by atomic mass is 9.92. The lowest BCUT2D eigenvalue weighted by Crippen LogP contribution is -2.49. The second-order valence-electron chi connectivity index (χ2n) is 4.66. The second-order valence-corrected chi connectivity index (χ2v) is 5.76. The van der Waals surface area contributed by atoms with Crippen molar-refractivity contribution in [2.45, 2.75) is 39.2 Å². The first-order chi connectivity index (χ1) is 7.69. The van der Waals surface area contributed by atoms with Crippen molar-refractivity contribution in [1.29, 1.82) is 0 Å². The molecule has 0 aromatic heterocycles. The van der Waals surface area contributed by atoms with Crippen molar-refractivity contribution in [3.63, 3.8) is 0 Å². The van der Waals surface area contributed by atoms with Crippen molar-refractivity contribution in [3.8, 4) is 0 Å². The molecule has 1 fully saturated rings. The van der Waals surface area contributed by atoms with E-state index in [1.165, 1.54) is 0 Å². The van der Waals surface area contributed by atoms with Gasteiger partial charge in [0.2, 0.25) is 5.91 Å². The van der Waals surface area contributed by atoms with Crippen LogP contribution in [0.1, 0.15) is 33.1 Å². The van der Waals surface area contributed by atoms with E-state index < -0.39 is 0 Å². The average molecular weight is 244 g/mol. The third kappa shape index (κ3) is 3.98. The molecule has 4 heteroatoms. The minimum atomic E-state index is 0.276. The molecule has 0 aromatic carbocycles. The smallest absolute Gasteiger partial charge is 0.232 e. The first kappa shape index (κ1) is 13.8. The summed E-state index contributed by atoms with van der Waals surface area (Å²) in [4.78, 5) is 14.0. The topological polar surface area (TPSA) is 46.3 Å². The Bertz CT molecular complexity index is 223. The quantitative estimate of drug-likeness (QED) is 0.749. The molecular weight excluding hydrogens is 220 g/mol. The highest BCUT2D eigenvalue weighted by Gasteiger charge is 2.28. The van der Waals surface area contributed by atoms with Gasteiger partial charge < -0.3 is 10.6 Å². The van der Waals surface area contributed by atoms with Crippen molar-refractivity contribution >= 4 is 17.7 Å². The zero-order valence-corrected chi connectivity index (χ0v) is 11.3. The number of likely N-dealkylation sites (tertiary alicyclic amines) is 1. The molecule has 0 aromatic rings. The Hall–Kier alpha value is -0.220. The molecule has 0 saturated carbocycles. The minimum absolute atomic E-state index is 0.276. The summed E-state index contributed by atoms with van der Waals surface area (Å²) in [6, 6.07) is 0.276. The highest BCUT2D eigenvalue weighted by molar-refractivity contribution is 7.99. The predicted molar refractivity (Wildman–Crippen MR) is 70.6 cm³/mol. The third-order valence-electron chi connectivity index (χ3n) is 3.14. The van der Waals surface area contributed by atoms with E-state index in [0.29, 0.717) is 18.2 Å². The Morgan fingerprint density at radius 2 is 2.31 bits per heavy atom. The number of carbonyl (C=O) groups is 1. The maximum Gasteiger partial charge on any atom is 0.232 e. The van der Waals surface area contributed by atoms with Crippen LogP contribution in [0, 0.1) is 5.92 Å². The van der Waals surface area contributed by atoms with Crippen LogP contribution in [0.25, 0.3) is 0 Å². The highest BCUT2D eigenvalue weighted by atomic mass is 32.2. The van der Waals surface area contributed by atoms with Gasteiger partial charge in [0.25, 0.3) is 0 Å². The van der Waals surface area contributed by atoms with E-state index in [9.17, 15) is 4.79 Å². The predicted octanol–water partition coefficient (Wildman–Crippen LogP) is 1.72. The molecule has 0 bridgehead atoms. The fraction of sp³-hybridized carbons (Fsp3) is 0.917. The zero-order valence-electron chi connectivity index (χ0n) is 10.4. The van der Waals surface area contributed by atoms with Gasteiger partial charge in [-0.25, -0.2) is 0 Å². The van der Waals surface area contributed by atoms with E-state index in [2.05, 4.69) is 13.8 Å². The summed E-state index contributed by atoms with van der Waals surface area (Å²) in [7, 11) is 0. The second kappa shape index (κ2) is 7.17. The van der Waals surface area contributed by atoms with Crippen LogP contribution in [0.2, 0.25) is 0 Å². The summed E-state index contributed by atoms with van der Waals surface area (Å²) in [6.45, 7) is 5.89. The summed E-state index contributed by atoms with van der Waals surface area (Å²) in [5.74, 6) is 2.68. The van der Waals surface area contributed by atoms with E-state index in [4.69, 9.17) is 5.73 Å². The number of hydrogen-bond donors (Lipinski definition) is 1. The molecule has 1 rings (SSSR count). The fourth-order valence-electron chi connectivity index (χ4n) is 2.19. The molecule has 2 N–H and O–H groups in total. The molecule has 1 saturated heterocycles. The Balaban J connectivity index is 2.40. The molecule has 0 aliphatic carbocycles. The van der Waals surface area contributed by atoms with E-state index in [1.54, 1.807) is 11.8 Å². The number of nitrogens with zero attached hydrogens (tertiary/aromatic N) is 1. The summed E-state index contributed by atoms with van der Waals surface area (Å²) in [5, 5.41) is 0. The first-order valence-corrected chi connectivity index (χ1v) is 7.41. The average Bonchev–Trinajstić information content (AvgIpc) is 2.29. The number of thioether (sulfide) groups is 1. The van der Waals surface area contributed by atoms with Crippen LogP contribution in [0.5, 0.6) is 0 Å². The van der Waals surface area contributed by atoms with Gasteiger partial charge in [-0.2, -0.15) is 11.8 Å². The van der Waals surface area contributed by atoms with Crippen LogP contribution >= 0.6 is 11.8 Å². The molecule has 1 heterocycles. The standard InChI is InChI=1S/C12H24N2OS/c1-3-6-16-9-12(15)14-5-4-10(2)7-11(14)8-13/h10-11H,3-9,13H2,1-2H3. The van der Waals surface area contributed by atoms with Crippen molar-refractivity contribution < 1.29 is 4.79 Å². The van der Waals surface area contributed by atoms with Gasteiger partial charge in [0.05, 0.1) is 5.75 Å². The molecule has 1 amide bonds. The Morgan fingerprint density at radius 1 is 1.56 bits per heavy atom. The summed E-state index contributed by atoms with van der Waals surface area (Å²) < 4.78 is 0. The highest BCUT2D eigenvalue weighted by Crippen LogP contribution is 2.22. The molecule has 2 atom stereocenters. The molecule has 0 spiro atoms. The van der Waals surface area contributed by atoms with Gasteiger partial charge in [-0.05, 0) is 30.9 Å². The largest absolute Gasteiger partial charge is 0.338 e. The van der Waals surface area contributed by atoms with E-state index in [0.717, 1.165) is 31.6 Å². The maximum absolute atomic E-state index is 12.0. The molecular formula is C12H24N2OS. The SMILES string of the molecule is CCCSCC(=O)N1CCC(C)CC1CN. The van der Waals surface area contributed by atoms with Crippen molar-refractivity contribution in [2.75, 3.05) is 24.6 Å². The number of nitrogens with two attached hydrogens (primary N) is 1. The number of amides is 1. The Labute approximate surface area is 103 Å². The molecule has 2 unspecified atom stereocenters. The van der Waals surface area contributed by atoms with E-state index >= 15 is 0 Å². The van der Waals surface area contributed by atoms with E-state index in [-0.39, 0.29) is 11.9 Å². The summed E-state index contributed by atoms with van der Waals surface area (Å²) in [6.07, 6.45) is 3.33. The molecule has 1 aliphatic rings. The minimum Gasteiger partial charge on any atom is -0.338 e. The molecule has 3 nitrogen and oxygen atoms in total. The van der Waals surface area contributed by atoms with Crippen LogP contribution in [-0.4, -0.2) is 41.4 Å². The van der Waals surface area contributed by atoms with Gasteiger partial charge in [0.1, 0.15) is 0 Å². The summed E-state index contributed by atoms with van der Waals surface area (Å²) >= 11 is 1.74. The maximum atomic E-state index is 12.0. The fourth-order valence-corrected chi connectivity index (χ4v) is 2.96. The van der Waals surface area contributed by atoms with Crippen molar-refractivity contribution in [3.05, 3.63) is 0 Å². The molecule has 16 heavy (non-hydrogen) atoms. The lowest BCUT2D eigenvalue weighted by Gasteiger charge is -2.38. The van der Waals surface area contributed by atoms with Crippen molar-refractivity contribution in [2.24, 2.45) is 11.7 Å². The number of carbonyl (C=O) groups excluding carboxylic acids is 1. The normalized spacial score (nSPS) is 25.8. The number of rotatable bonds is 5. The van der Waals surface area contributed by atoms with Crippen LogP contribution in [0.4, 0.5) is 0 Å². The molecule has 94 valence electrons. The first-order valence-electron chi connectivity index (χ1n) is 6.26. The zero-order chi connectivity index (χ0) is 12.0. The van der Waals surface area contributed by atoms with Crippen LogP contribution < -0.4 is 5.73 Å². The van der Waals surface area contributed by atoms with E-state index in [1.807, 2.05) is 4.90 Å². The van der Waals surface area contributed by atoms with Gasteiger partial charge in [-0.15, -0.1) is 0 Å². The van der Waals surface area contributed by atoms with Gasteiger partial charge in [0, 0.05) is 19.1 Å². The number of hydrogen-bond acceptors (Lipinski definition) is 3. The molecule has 1 aliphatic heterocycles. The van der Waals surface area contributed by atoms with Gasteiger partial charge in [0.15, 0.2) is 0 Å². The number of piperidine rings is 1. The van der Waals surface area contributed by atoms with Gasteiger partial charge in [-0.3, -0.25) is 4.79 Å². The third-order valence-corrected chi connectivity index (χ3v) is 4.29. The Kier molecular flexibility index (Phi) is 6.21. The van der Waals surface area contributed by atoms with Crippen molar-refractivity contribution in [1.82, 2.24) is 4.90 Å². The van der Waals surface area contributed by atoms with Gasteiger partial charge in [-0.1, -0.05) is 13.8 Å². The summed E-state index contributed by atoms with van der Waals surface area (Å²) in [5.41, 5.74) is 5.75. The lowest BCUT2D eigenvalue weighted by molar-refractivity contribution is -0.132. The Morgan fingerprint density at radius 3 is 2.94 bits per heavy atom. The molecule has 0 radical (unpaired) electrons. The van der Waals surface area contributed by atoms with Crippen LogP contribution in [-0.2, 0) is 4.79 Å². The van der Waals surface area contributed by atoms with Crippen LogP contribution in [0.15, 0.2) is 0 Å². The monoisotopic (exact) mass is 244 g/mol. The van der Waals surface area contributed by atoms with Gasteiger partial charge >= 0.3 is 0 Å². The van der Waals surface area contributed by atoms with Crippen LogP contribution in [0.3, 0.4) is 0 Å².